The van der Waals surface area contributed by atoms with E-state index < -0.39 is 0 Å². The van der Waals surface area contributed by atoms with E-state index in [4.69, 9.17) is 11.6 Å². The Morgan fingerprint density at radius 2 is 1.83 bits per heavy atom. The lowest BCUT2D eigenvalue weighted by Crippen LogP contribution is -2.41. The number of likely N-dealkylation sites (tertiary alicyclic amines) is 2. The topological polar surface area (TPSA) is 71.3 Å². The molecule has 0 unspecified atom stereocenters. The molecule has 7 nitrogen and oxygen atoms in total. The molecule has 0 saturated carbocycles. The van der Waals surface area contributed by atoms with Gasteiger partial charge in [0.25, 0.3) is 5.91 Å². The predicted molar refractivity (Wildman–Crippen MR) is 110 cm³/mol. The molecule has 4 rings (SSSR count). The van der Waals surface area contributed by atoms with E-state index in [1.807, 2.05) is 34.1 Å². The quantitative estimate of drug-likeness (QED) is 0.752. The largest absolute Gasteiger partial charge is 0.342 e. The molecule has 0 radical (unpaired) electrons. The first-order valence-electron chi connectivity index (χ1n) is 10.3. The molecule has 3 heterocycles. The summed E-state index contributed by atoms with van der Waals surface area (Å²) in [6, 6.07) is 7.48. The number of rotatable bonds is 5. The molecule has 2 aromatic rings. The number of carbonyl (C=O) groups is 2. The average Bonchev–Trinajstić information content (AvgIpc) is 3.42. The first kappa shape index (κ1) is 19.9. The normalized spacial score (nSPS) is 19.6. The maximum atomic E-state index is 12.7. The van der Waals surface area contributed by atoms with Crippen LogP contribution in [0, 0.1) is 5.92 Å². The SMILES string of the molecule is O=C(Cc1ccccc1Cl)N1CCC[C@@H](Cn2cc(C(=O)N3CCCC3)nn2)C1. The fourth-order valence-corrected chi connectivity index (χ4v) is 4.39. The third-order valence-electron chi connectivity index (χ3n) is 5.77. The molecule has 1 atom stereocenters. The van der Waals surface area contributed by atoms with Gasteiger partial charge in [-0.25, -0.2) is 0 Å². The Hall–Kier alpha value is -2.41. The van der Waals surface area contributed by atoms with Gasteiger partial charge in [-0.05, 0) is 43.2 Å². The first-order chi connectivity index (χ1) is 14.1. The van der Waals surface area contributed by atoms with Gasteiger partial charge >= 0.3 is 0 Å². The molecule has 1 aromatic carbocycles. The van der Waals surface area contributed by atoms with Crippen LogP contribution >= 0.6 is 11.6 Å². The first-order valence-corrected chi connectivity index (χ1v) is 10.7. The molecule has 0 N–H and O–H groups in total. The van der Waals surface area contributed by atoms with Crippen LogP contribution in [0.3, 0.4) is 0 Å². The molecule has 2 amide bonds. The highest BCUT2D eigenvalue weighted by Crippen LogP contribution is 2.21. The molecule has 2 aliphatic heterocycles. The predicted octanol–water partition coefficient (Wildman–Crippen LogP) is 2.65. The Balaban J connectivity index is 1.33. The van der Waals surface area contributed by atoms with Gasteiger partial charge in [0, 0.05) is 37.7 Å². The summed E-state index contributed by atoms with van der Waals surface area (Å²) >= 11 is 6.20. The maximum absolute atomic E-state index is 12.7. The van der Waals surface area contributed by atoms with Crippen molar-refractivity contribution >= 4 is 23.4 Å². The summed E-state index contributed by atoms with van der Waals surface area (Å²) in [5.41, 5.74) is 1.27. The number of amides is 2. The summed E-state index contributed by atoms with van der Waals surface area (Å²) < 4.78 is 1.75. The zero-order chi connectivity index (χ0) is 20.2. The van der Waals surface area contributed by atoms with Crippen LogP contribution in [0.5, 0.6) is 0 Å². The summed E-state index contributed by atoms with van der Waals surface area (Å²) in [6.07, 6.45) is 6.17. The molecule has 0 spiro atoms. The summed E-state index contributed by atoms with van der Waals surface area (Å²) in [4.78, 5) is 28.9. The van der Waals surface area contributed by atoms with E-state index >= 15 is 0 Å². The molecule has 154 valence electrons. The van der Waals surface area contributed by atoms with Gasteiger partial charge in [0.1, 0.15) is 0 Å². The van der Waals surface area contributed by atoms with Crippen LogP contribution < -0.4 is 0 Å². The molecule has 29 heavy (non-hydrogen) atoms. The van der Waals surface area contributed by atoms with Gasteiger partial charge in [-0.15, -0.1) is 5.10 Å². The fourth-order valence-electron chi connectivity index (χ4n) is 4.19. The van der Waals surface area contributed by atoms with Crippen LogP contribution in [0.15, 0.2) is 30.5 Å². The van der Waals surface area contributed by atoms with Crippen LogP contribution in [-0.4, -0.2) is 62.8 Å². The molecular formula is C21H26ClN5O2. The summed E-state index contributed by atoms with van der Waals surface area (Å²) in [7, 11) is 0. The van der Waals surface area contributed by atoms with E-state index in [1.54, 1.807) is 10.9 Å². The molecule has 2 saturated heterocycles. The Kier molecular flexibility index (Phi) is 6.13. The van der Waals surface area contributed by atoms with E-state index in [9.17, 15) is 9.59 Å². The van der Waals surface area contributed by atoms with E-state index in [2.05, 4.69) is 10.3 Å². The highest BCUT2D eigenvalue weighted by Gasteiger charge is 2.26. The third-order valence-corrected chi connectivity index (χ3v) is 6.14. The summed E-state index contributed by atoms with van der Waals surface area (Å²) in [6.45, 7) is 3.73. The van der Waals surface area contributed by atoms with Crippen LogP contribution in [0.25, 0.3) is 0 Å². The van der Waals surface area contributed by atoms with Gasteiger partial charge < -0.3 is 9.80 Å². The monoisotopic (exact) mass is 415 g/mol. The number of nitrogens with zero attached hydrogens (tertiary/aromatic N) is 5. The minimum atomic E-state index is -0.0334. The maximum Gasteiger partial charge on any atom is 0.276 e. The minimum Gasteiger partial charge on any atom is -0.342 e. The Bertz CT molecular complexity index is 877. The minimum absolute atomic E-state index is 0.0334. The van der Waals surface area contributed by atoms with Gasteiger partial charge in [-0.2, -0.15) is 0 Å². The fraction of sp³-hybridized carbons (Fsp3) is 0.524. The number of carbonyl (C=O) groups excluding carboxylic acids is 2. The van der Waals surface area contributed by atoms with Crippen molar-refractivity contribution in [2.45, 2.75) is 38.6 Å². The molecule has 1 aromatic heterocycles. The van der Waals surface area contributed by atoms with Crippen LogP contribution in [0.2, 0.25) is 5.02 Å². The third kappa shape index (κ3) is 4.78. The average molecular weight is 416 g/mol. The second kappa shape index (κ2) is 8.95. The van der Waals surface area contributed by atoms with Crippen molar-refractivity contribution in [3.05, 3.63) is 46.7 Å². The van der Waals surface area contributed by atoms with Gasteiger partial charge in [0.2, 0.25) is 5.91 Å². The lowest BCUT2D eigenvalue weighted by molar-refractivity contribution is -0.132. The number of hydrogen-bond donors (Lipinski definition) is 0. The summed E-state index contributed by atoms with van der Waals surface area (Å²) in [5, 5.41) is 8.85. The van der Waals surface area contributed by atoms with Crippen LogP contribution in [0.4, 0.5) is 0 Å². The Morgan fingerprint density at radius 1 is 1.07 bits per heavy atom. The van der Waals surface area contributed by atoms with E-state index in [-0.39, 0.29) is 11.8 Å². The smallest absolute Gasteiger partial charge is 0.276 e. The number of aromatic nitrogens is 3. The van der Waals surface area contributed by atoms with Crippen molar-refractivity contribution in [3.63, 3.8) is 0 Å². The molecule has 0 aliphatic carbocycles. The van der Waals surface area contributed by atoms with E-state index in [0.717, 1.165) is 50.9 Å². The van der Waals surface area contributed by atoms with Crippen molar-refractivity contribution in [2.75, 3.05) is 26.2 Å². The number of benzene rings is 1. The zero-order valence-corrected chi connectivity index (χ0v) is 17.2. The van der Waals surface area contributed by atoms with Crippen molar-refractivity contribution in [3.8, 4) is 0 Å². The number of halogens is 1. The number of hydrogen-bond acceptors (Lipinski definition) is 4. The van der Waals surface area contributed by atoms with Gasteiger partial charge in [-0.1, -0.05) is 35.0 Å². The molecule has 2 fully saturated rings. The zero-order valence-electron chi connectivity index (χ0n) is 16.5. The number of piperidine rings is 1. The Morgan fingerprint density at radius 3 is 2.62 bits per heavy atom. The molecular weight excluding hydrogens is 390 g/mol. The van der Waals surface area contributed by atoms with Crippen LogP contribution in [-0.2, 0) is 17.8 Å². The van der Waals surface area contributed by atoms with Gasteiger partial charge in [-0.3, -0.25) is 14.3 Å². The second-order valence-corrected chi connectivity index (χ2v) is 8.35. The highest BCUT2D eigenvalue weighted by atomic mass is 35.5. The van der Waals surface area contributed by atoms with Crippen molar-refractivity contribution in [1.82, 2.24) is 24.8 Å². The Labute approximate surface area is 175 Å². The van der Waals surface area contributed by atoms with Crippen LogP contribution in [0.1, 0.15) is 41.7 Å². The standard InChI is InChI=1S/C21H26ClN5O2/c22-18-8-2-1-7-17(18)12-20(28)26-11-5-6-16(13-26)14-27-15-19(23-24-27)21(29)25-9-3-4-10-25/h1-2,7-8,15-16H,3-6,9-14H2/t16-/m1/s1. The van der Waals surface area contributed by atoms with Gasteiger partial charge in [0.05, 0.1) is 12.6 Å². The van der Waals surface area contributed by atoms with E-state index in [0.29, 0.717) is 36.1 Å². The highest BCUT2D eigenvalue weighted by molar-refractivity contribution is 6.31. The molecule has 8 heteroatoms. The van der Waals surface area contributed by atoms with Crippen molar-refractivity contribution in [1.29, 1.82) is 0 Å². The van der Waals surface area contributed by atoms with Crippen molar-refractivity contribution in [2.24, 2.45) is 5.92 Å². The molecule has 0 bridgehead atoms. The second-order valence-electron chi connectivity index (χ2n) is 7.94. The lowest BCUT2D eigenvalue weighted by atomic mass is 9.97. The molecule has 2 aliphatic rings. The van der Waals surface area contributed by atoms with Gasteiger partial charge in [0.15, 0.2) is 5.69 Å². The van der Waals surface area contributed by atoms with E-state index in [1.165, 1.54) is 0 Å². The van der Waals surface area contributed by atoms with Crippen molar-refractivity contribution < 1.29 is 9.59 Å². The lowest BCUT2D eigenvalue weighted by Gasteiger charge is -2.32. The summed E-state index contributed by atoms with van der Waals surface area (Å²) in [5.74, 6) is 0.371.